The van der Waals surface area contributed by atoms with E-state index in [4.69, 9.17) is 4.65 Å². The first-order valence-corrected chi connectivity index (χ1v) is 20.7. The molecule has 0 fully saturated rings. The lowest BCUT2D eigenvalue weighted by Crippen LogP contribution is -2.41. The quantitative estimate of drug-likeness (QED) is 0.160. The summed E-state index contributed by atoms with van der Waals surface area (Å²) in [5.41, 5.74) is 14.6. The van der Waals surface area contributed by atoms with Gasteiger partial charge < -0.3 is 19.7 Å². The first kappa shape index (κ1) is 42.7. The number of aromatic nitrogens is 3. The summed E-state index contributed by atoms with van der Waals surface area (Å²) in [5, 5.41) is 30.0. The van der Waals surface area contributed by atoms with E-state index in [9.17, 15) is 15.1 Å². The Morgan fingerprint density at radius 3 is 1.66 bits per heavy atom. The Balaban J connectivity index is 0.000000145. The molecule has 0 amide bonds. The van der Waals surface area contributed by atoms with Gasteiger partial charge in [-0.25, -0.2) is 0 Å². The summed E-state index contributed by atoms with van der Waals surface area (Å²) in [6.07, 6.45) is 22.2. The van der Waals surface area contributed by atoms with E-state index in [1.165, 1.54) is 44.5 Å². The molecule has 0 aliphatic carbocycles. The van der Waals surface area contributed by atoms with Crippen molar-refractivity contribution in [3.05, 3.63) is 178 Å². The van der Waals surface area contributed by atoms with Crippen LogP contribution in [0.25, 0.3) is 0 Å². The van der Waals surface area contributed by atoms with Crippen LogP contribution in [0.5, 0.6) is 0 Å². The molecule has 0 spiro atoms. The summed E-state index contributed by atoms with van der Waals surface area (Å²) in [4.78, 5) is 12.5. The first-order chi connectivity index (χ1) is 28.0. The van der Waals surface area contributed by atoms with Crippen LogP contribution in [-0.2, 0) is 62.4 Å². The number of fused-ring (bicyclic) bond motifs is 3. The van der Waals surface area contributed by atoms with E-state index in [0.717, 1.165) is 105 Å². The van der Waals surface area contributed by atoms with E-state index in [2.05, 4.69) is 93.8 Å². The van der Waals surface area contributed by atoms with Gasteiger partial charge in [-0.15, -0.1) is 0 Å². The minimum Gasteiger partial charge on any atom is -0.446 e. The number of rotatable bonds is 9. The van der Waals surface area contributed by atoms with Gasteiger partial charge in [-0.3, -0.25) is 15.0 Å². The van der Waals surface area contributed by atoms with Crippen LogP contribution in [0.4, 0.5) is 0 Å². The summed E-state index contributed by atoms with van der Waals surface area (Å²) in [6, 6.07) is 33.7. The third-order valence-corrected chi connectivity index (χ3v) is 11.4. The molecule has 3 aromatic carbocycles. The predicted molar refractivity (Wildman–Crippen MR) is 240 cm³/mol. The highest BCUT2D eigenvalue weighted by Crippen LogP contribution is 2.17. The molecular formula is C48H56B3N3O4. The molecule has 0 saturated heterocycles. The first-order valence-electron chi connectivity index (χ1n) is 20.7. The van der Waals surface area contributed by atoms with Gasteiger partial charge in [0, 0.05) is 43.3 Å². The molecule has 58 heavy (non-hydrogen) atoms. The zero-order valence-electron chi connectivity index (χ0n) is 32.8. The van der Waals surface area contributed by atoms with E-state index in [0.29, 0.717) is 6.61 Å². The number of pyridine rings is 3. The van der Waals surface area contributed by atoms with E-state index in [-0.39, 0.29) is 21.3 Å². The lowest BCUT2D eigenvalue weighted by molar-refractivity contribution is 0.266. The standard InChI is InChI=1S/2C16H18BNO.C15H16BNO2.CH4/c19-17-9-1-2-15-6-5-14(12-16(15)17)4-3-13-7-10-18-11-8-13;19-17-10-3-4-14-8-6-13(12-16(14)17)7-9-15-5-1-2-11-18-15;18-16-15-10-12(5-6-14(15)7-9-19-16)3-4-13-2-1-8-17-11-13;/h5-8,10-12,19H,1-4,9H2;1-2,5-6,8,11-12,19H,3-4,7,9-10H2;1-2,5-6,8,10-11,18H,3-4,7,9H2;1H4. The molecule has 3 aromatic heterocycles. The highest BCUT2D eigenvalue weighted by molar-refractivity contribution is 6.67. The van der Waals surface area contributed by atoms with Gasteiger partial charge in [0.05, 0.1) is 0 Å². The van der Waals surface area contributed by atoms with Crippen LogP contribution in [0.15, 0.2) is 128 Å². The van der Waals surface area contributed by atoms with Crippen molar-refractivity contribution in [2.75, 3.05) is 6.61 Å². The van der Waals surface area contributed by atoms with Crippen molar-refractivity contribution >= 4 is 37.3 Å². The molecule has 6 heterocycles. The average Bonchev–Trinajstić information content (AvgIpc) is 3.26. The largest absolute Gasteiger partial charge is 0.491 e. The Hall–Kier alpha value is -4.86. The third-order valence-electron chi connectivity index (χ3n) is 11.4. The zero-order valence-corrected chi connectivity index (χ0v) is 32.8. The van der Waals surface area contributed by atoms with Gasteiger partial charge in [-0.2, -0.15) is 0 Å². The van der Waals surface area contributed by atoms with Crippen LogP contribution in [0.1, 0.15) is 70.5 Å². The van der Waals surface area contributed by atoms with Crippen LogP contribution in [-0.4, -0.2) is 57.6 Å². The van der Waals surface area contributed by atoms with Crippen LogP contribution in [0.2, 0.25) is 12.6 Å². The summed E-state index contributed by atoms with van der Waals surface area (Å²) in [7, 11) is -0.762. The second-order valence-corrected chi connectivity index (χ2v) is 15.4. The Morgan fingerprint density at radius 2 is 1.07 bits per heavy atom. The summed E-state index contributed by atoms with van der Waals surface area (Å²) < 4.78 is 5.27. The Bertz CT molecular complexity index is 1920. The number of hydrogen-bond acceptors (Lipinski definition) is 7. The van der Waals surface area contributed by atoms with Crippen LogP contribution in [0.3, 0.4) is 0 Å². The molecule has 0 saturated carbocycles. The lowest BCUT2D eigenvalue weighted by atomic mass is 9.53. The molecule has 9 rings (SSSR count). The van der Waals surface area contributed by atoms with Crippen LogP contribution < -0.4 is 16.4 Å². The summed E-state index contributed by atoms with van der Waals surface area (Å²) in [5.74, 6) is 0. The summed E-state index contributed by atoms with van der Waals surface area (Å²) >= 11 is 0. The molecule has 3 aliphatic heterocycles. The molecular weight excluding hydrogens is 715 g/mol. The number of nitrogens with zero attached hydrogens (tertiary/aromatic N) is 3. The van der Waals surface area contributed by atoms with Crippen molar-refractivity contribution < 1.29 is 19.7 Å². The van der Waals surface area contributed by atoms with Crippen molar-refractivity contribution in [2.45, 2.75) is 90.7 Å². The smallest absolute Gasteiger partial charge is 0.446 e. The van der Waals surface area contributed by atoms with Crippen molar-refractivity contribution in [1.82, 2.24) is 15.0 Å². The van der Waals surface area contributed by atoms with Crippen LogP contribution in [0, 0.1) is 0 Å². The maximum absolute atomic E-state index is 10.1. The molecule has 296 valence electrons. The highest BCUT2D eigenvalue weighted by atomic mass is 16.5. The second-order valence-electron chi connectivity index (χ2n) is 15.4. The highest BCUT2D eigenvalue weighted by Gasteiger charge is 2.25. The van der Waals surface area contributed by atoms with Gasteiger partial charge in [0.15, 0.2) is 0 Å². The average molecular weight is 771 g/mol. The fourth-order valence-corrected chi connectivity index (χ4v) is 8.08. The molecule has 0 radical (unpaired) electrons. The van der Waals surface area contributed by atoms with Gasteiger partial charge in [0.2, 0.25) is 0 Å². The monoisotopic (exact) mass is 771 g/mol. The second kappa shape index (κ2) is 21.8. The third kappa shape index (κ3) is 12.1. The molecule has 6 aromatic rings. The molecule has 10 heteroatoms. The van der Waals surface area contributed by atoms with Crippen molar-refractivity contribution in [2.24, 2.45) is 0 Å². The van der Waals surface area contributed by atoms with Gasteiger partial charge in [-0.1, -0.05) is 98.1 Å². The maximum Gasteiger partial charge on any atom is 0.491 e. The molecule has 3 N–H and O–H groups in total. The van der Waals surface area contributed by atoms with E-state index >= 15 is 0 Å². The minimum atomic E-state index is -0.762. The van der Waals surface area contributed by atoms with Crippen molar-refractivity contribution in [3.63, 3.8) is 0 Å². The Morgan fingerprint density at radius 1 is 0.500 bits per heavy atom. The van der Waals surface area contributed by atoms with Gasteiger partial charge >= 0.3 is 20.9 Å². The molecule has 0 bridgehead atoms. The molecule has 7 nitrogen and oxygen atoms in total. The zero-order chi connectivity index (χ0) is 39.2. The Labute approximate surface area is 346 Å². The van der Waals surface area contributed by atoms with Gasteiger partial charge in [-0.05, 0) is 151 Å². The van der Waals surface area contributed by atoms with Crippen molar-refractivity contribution in [1.29, 1.82) is 0 Å². The van der Waals surface area contributed by atoms with Crippen LogP contribution >= 0.6 is 0 Å². The summed E-state index contributed by atoms with van der Waals surface area (Å²) in [6.45, 7) is 0.0756. The topological polar surface area (TPSA) is 109 Å². The van der Waals surface area contributed by atoms with E-state index < -0.39 is 7.12 Å². The number of hydrogen-bond donors (Lipinski definition) is 3. The van der Waals surface area contributed by atoms with Gasteiger partial charge in [0.1, 0.15) is 0 Å². The number of aryl methyl sites for hydroxylation is 8. The lowest BCUT2D eigenvalue weighted by Gasteiger charge is -2.19. The normalized spacial score (nSPS) is 14.0. The molecule has 3 aliphatic rings. The maximum atomic E-state index is 10.1. The van der Waals surface area contributed by atoms with E-state index in [1.54, 1.807) is 6.20 Å². The number of benzene rings is 3. The Kier molecular flexibility index (Phi) is 16.0. The van der Waals surface area contributed by atoms with Gasteiger partial charge in [0.25, 0.3) is 0 Å². The van der Waals surface area contributed by atoms with E-state index in [1.807, 2.05) is 43.0 Å². The minimum absolute atomic E-state index is 0. The molecule has 0 unspecified atom stereocenters. The fraction of sp³-hybridized carbons (Fsp3) is 0.312. The van der Waals surface area contributed by atoms with Crippen molar-refractivity contribution in [3.8, 4) is 0 Å². The fourth-order valence-electron chi connectivity index (χ4n) is 8.08. The SMILES string of the molecule is C.OB1CCCc2ccc(CCc3ccccn3)cc21.OB1CCCc2ccc(CCc3ccncc3)cc21.OB1OCCc2ccc(CCc3cccnc3)cc21. The molecule has 0 atom stereocenters. The predicted octanol–water partition coefficient (Wildman–Crippen LogP) is 5.77.